The molecule has 1 aromatic carbocycles. The van der Waals surface area contributed by atoms with Crippen LogP contribution in [0.2, 0.25) is 0 Å². The van der Waals surface area contributed by atoms with Crippen LogP contribution >= 0.6 is 0 Å². The molecule has 0 spiro atoms. The van der Waals surface area contributed by atoms with Gasteiger partial charge in [0.2, 0.25) is 0 Å². The number of anilines is 1. The summed E-state index contributed by atoms with van der Waals surface area (Å²) in [5, 5.41) is 3.08. The van der Waals surface area contributed by atoms with Gasteiger partial charge in [0.15, 0.2) is 0 Å². The van der Waals surface area contributed by atoms with Crippen molar-refractivity contribution < 1.29 is 9.53 Å². The molecule has 0 unspecified atom stereocenters. The molecule has 2 fully saturated rings. The van der Waals surface area contributed by atoms with Crippen molar-refractivity contribution in [2.75, 3.05) is 12.4 Å². The van der Waals surface area contributed by atoms with Gasteiger partial charge in [-0.15, -0.1) is 0 Å². The van der Waals surface area contributed by atoms with E-state index in [0.29, 0.717) is 12.1 Å². The lowest BCUT2D eigenvalue weighted by molar-refractivity contribution is 0.162. The van der Waals surface area contributed by atoms with Crippen molar-refractivity contribution in [3.05, 3.63) is 23.8 Å². The third-order valence-corrected chi connectivity index (χ3v) is 4.79. The molecule has 0 atom stereocenters. The van der Waals surface area contributed by atoms with Crippen molar-refractivity contribution in [2.24, 2.45) is 0 Å². The fourth-order valence-corrected chi connectivity index (χ4v) is 3.49. The number of amides is 2. The van der Waals surface area contributed by atoms with E-state index >= 15 is 0 Å². The van der Waals surface area contributed by atoms with Gasteiger partial charge in [0.05, 0.1) is 7.11 Å². The Morgan fingerprint density at radius 3 is 2.41 bits per heavy atom. The van der Waals surface area contributed by atoms with Gasteiger partial charge in [0, 0.05) is 17.8 Å². The summed E-state index contributed by atoms with van der Waals surface area (Å²) >= 11 is 0. The molecular formula is C18H26N2O2. The van der Waals surface area contributed by atoms with Gasteiger partial charge in [-0.3, -0.25) is 0 Å². The number of methoxy groups -OCH3 is 1. The standard InChI is InChI=1S/C18H26N2O2/c1-13-12-14(8-11-17(13)22-2)19-18(21)20(16-9-10-16)15-6-4-3-5-7-15/h8,11-12,15-16H,3-7,9-10H2,1-2H3,(H,19,21). The smallest absolute Gasteiger partial charge is 0.322 e. The van der Waals surface area contributed by atoms with Crippen LogP contribution in [0.4, 0.5) is 10.5 Å². The van der Waals surface area contributed by atoms with Gasteiger partial charge in [-0.1, -0.05) is 19.3 Å². The molecule has 22 heavy (non-hydrogen) atoms. The highest BCUT2D eigenvalue weighted by Crippen LogP contribution is 2.34. The zero-order valence-corrected chi connectivity index (χ0v) is 13.6. The van der Waals surface area contributed by atoms with E-state index in [2.05, 4.69) is 10.2 Å². The maximum Gasteiger partial charge on any atom is 0.322 e. The predicted molar refractivity (Wildman–Crippen MR) is 88.5 cm³/mol. The Bertz CT molecular complexity index is 534. The molecule has 3 rings (SSSR count). The van der Waals surface area contributed by atoms with Crippen LogP contribution in [0, 0.1) is 6.92 Å². The van der Waals surface area contributed by atoms with Gasteiger partial charge in [-0.25, -0.2) is 4.79 Å². The van der Waals surface area contributed by atoms with Crippen molar-refractivity contribution in [1.29, 1.82) is 0 Å². The Kier molecular flexibility index (Phi) is 4.55. The lowest BCUT2D eigenvalue weighted by Crippen LogP contribution is -2.45. The lowest BCUT2D eigenvalue weighted by Gasteiger charge is -2.34. The number of carbonyl (C=O) groups is 1. The van der Waals surface area contributed by atoms with Crippen LogP contribution in [0.3, 0.4) is 0 Å². The van der Waals surface area contributed by atoms with Gasteiger partial charge in [0.1, 0.15) is 5.75 Å². The number of carbonyl (C=O) groups excluding carboxylic acids is 1. The third-order valence-electron chi connectivity index (χ3n) is 4.79. The number of hydrogen-bond donors (Lipinski definition) is 1. The monoisotopic (exact) mass is 302 g/mol. The first kappa shape index (κ1) is 15.2. The van der Waals surface area contributed by atoms with Crippen molar-refractivity contribution in [2.45, 2.75) is 64.0 Å². The van der Waals surface area contributed by atoms with E-state index < -0.39 is 0 Å². The van der Waals surface area contributed by atoms with E-state index in [4.69, 9.17) is 4.74 Å². The summed E-state index contributed by atoms with van der Waals surface area (Å²) in [6.45, 7) is 1.99. The number of hydrogen-bond acceptors (Lipinski definition) is 2. The number of nitrogens with one attached hydrogen (secondary N) is 1. The summed E-state index contributed by atoms with van der Waals surface area (Å²) in [6, 6.07) is 6.76. The zero-order chi connectivity index (χ0) is 15.5. The number of benzene rings is 1. The second-order valence-corrected chi connectivity index (χ2v) is 6.54. The van der Waals surface area contributed by atoms with Gasteiger partial charge in [0.25, 0.3) is 0 Å². The van der Waals surface area contributed by atoms with Crippen LogP contribution in [-0.4, -0.2) is 30.1 Å². The molecule has 4 nitrogen and oxygen atoms in total. The van der Waals surface area contributed by atoms with E-state index in [9.17, 15) is 4.79 Å². The third kappa shape index (κ3) is 3.37. The maximum atomic E-state index is 12.7. The number of urea groups is 1. The molecule has 0 saturated heterocycles. The van der Waals surface area contributed by atoms with Crippen LogP contribution in [-0.2, 0) is 0 Å². The molecule has 2 aliphatic carbocycles. The van der Waals surface area contributed by atoms with Crippen molar-refractivity contribution in [3.63, 3.8) is 0 Å². The number of ether oxygens (including phenoxy) is 1. The molecule has 2 amide bonds. The van der Waals surface area contributed by atoms with Crippen molar-refractivity contribution in [3.8, 4) is 5.75 Å². The van der Waals surface area contributed by atoms with Gasteiger partial charge >= 0.3 is 6.03 Å². The predicted octanol–water partition coefficient (Wildman–Crippen LogP) is 4.33. The minimum atomic E-state index is 0.0685. The first-order chi connectivity index (χ1) is 10.7. The number of rotatable bonds is 4. The Morgan fingerprint density at radius 2 is 1.82 bits per heavy atom. The van der Waals surface area contributed by atoms with E-state index in [1.807, 2.05) is 25.1 Å². The summed E-state index contributed by atoms with van der Waals surface area (Å²) in [7, 11) is 1.67. The topological polar surface area (TPSA) is 41.6 Å². The molecule has 2 aliphatic rings. The second kappa shape index (κ2) is 6.59. The van der Waals surface area contributed by atoms with Crippen LogP contribution in [0.15, 0.2) is 18.2 Å². The first-order valence-corrected chi connectivity index (χ1v) is 8.43. The minimum Gasteiger partial charge on any atom is -0.496 e. The fourth-order valence-electron chi connectivity index (χ4n) is 3.49. The highest BCUT2D eigenvalue weighted by Gasteiger charge is 2.37. The minimum absolute atomic E-state index is 0.0685. The Labute approximate surface area is 132 Å². The molecule has 0 aromatic heterocycles. The van der Waals surface area contributed by atoms with Crippen LogP contribution in [0.5, 0.6) is 5.75 Å². The highest BCUT2D eigenvalue weighted by molar-refractivity contribution is 5.90. The van der Waals surface area contributed by atoms with E-state index in [-0.39, 0.29) is 6.03 Å². The summed E-state index contributed by atoms with van der Waals surface area (Å²) in [5.74, 6) is 0.851. The molecule has 0 radical (unpaired) electrons. The summed E-state index contributed by atoms with van der Waals surface area (Å²) in [5.41, 5.74) is 1.89. The van der Waals surface area contributed by atoms with Crippen LogP contribution < -0.4 is 10.1 Å². The fraction of sp³-hybridized carbons (Fsp3) is 0.611. The molecule has 4 heteroatoms. The first-order valence-electron chi connectivity index (χ1n) is 8.43. The largest absolute Gasteiger partial charge is 0.496 e. The van der Waals surface area contributed by atoms with Crippen molar-refractivity contribution >= 4 is 11.7 Å². The molecule has 0 heterocycles. The molecule has 1 aromatic rings. The van der Waals surface area contributed by atoms with Crippen LogP contribution in [0.25, 0.3) is 0 Å². The van der Waals surface area contributed by atoms with Gasteiger partial charge in [-0.05, 0) is 56.4 Å². The Balaban J connectivity index is 1.69. The second-order valence-electron chi connectivity index (χ2n) is 6.54. The van der Waals surface area contributed by atoms with E-state index in [0.717, 1.165) is 42.7 Å². The molecular weight excluding hydrogens is 276 g/mol. The molecule has 0 bridgehead atoms. The van der Waals surface area contributed by atoms with Gasteiger partial charge in [-0.2, -0.15) is 0 Å². The van der Waals surface area contributed by atoms with Crippen LogP contribution in [0.1, 0.15) is 50.5 Å². The quantitative estimate of drug-likeness (QED) is 0.899. The van der Waals surface area contributed by atoms with Crippen molar-refractivity contribution in [1.82, 2.24) is 4.90 Å². The molecule has 2 saturated carbocycles. The average Bonchev–Trinajstić information content (AvgIpc) is 3.33. The zero-order valence-electron chi connectivity index (χ0n) is 13.6. The Morgan fingerprint density at radius 1 is 1.14 bits per heavy atom. The Hall–Kier alpha value is -1.71. The number of aryl methyl sites for hydroxylation is 1. The molecule has 1 N–H and O–H groups in total. The summed E-state index contributed by atoms with van der Waals surface area (Å²) < 4.78 is 5.27. The molecule has 0 aliphatic heterocycles. The van der Waals surface area contributed by atoms with E-state index in [1.54, 1.807) is 7.11 Å². The lowest BCUT2D eigenvalue weighted by atomic mass is 9.94. The average molecular weight is 302 g/mol. The van der Waals surface area contributed by atoms with Gasteiger partial charge < -0.3 is 15.0 Å². The molecule has 120 valence electrons. The summed E-state index contributed by atoms with van der Waals surface area (Å²) in [4.78, 5) is 14.9. The van der Waals surface area contributed by atoms with E-state index in [1.165, 1.54) is 19.3 Å². The highest BCUT2D eigenvalue weighted by atomic mass is 16.5. The SMILES string of the molecule is COc1ccc(NC(=O)N(C2CCCCC2)C2CC2)cc1C. The number of nitrogens with zero attached hydrogens (tertiary/aromatic N) is 1. The summed E-state index contributed by atoms with van der Waals surface area (Å²) in [6.07, 6.45) is 8.45. The normalized spacial score (nSPS) is 18.8. The maximum absolute atomic E-state index is 12.7.